The minimum atomic E-state index is 0.448. The third kappa shape index (κ3) is 5.72. The molecule has 0 bridgehead atoms. The molecule has 0 aliphatic rings. The molecule has 0 fully saturated rings. The van der Waals surface area contributed by atoms with Gasteiger partial charge in [-0.3, -0.25) is 0 Å². The summed E-state index contributed by atoms with van der Waals surface area (Å²) in [6, 6.07) is 23.7. The fourth-order valence-corrected chi connectivity index (χ4v) is 3.61. The maximum absolute atomic E-state index is 9.66. The van der Waals surface area contributed by atoms with E-state index in [0.717, 1.165) is 25.6 Å². The van der Waals surface area contributed by atoms with E-state index >= 15 is 0 Å². The molecular weight excluding hydrogens is 494 g/mol. The van der Waals surface area contributed by atoms with Crippen LogP contribution < -0.4 is 9.47 Å². The van der Waals surface area contributed by atoms with Gasteiger partial charge < -0.3 is 9.47 Å². The summed E-state index contributed by atoms with van der Waals surface area (Å²) in [6.07, 6.45) is 1.84. The van der Waals surface area contributed by atoms with Gasteiger partial charge >= 0.3 is 0 Å². The number of hydrogen-bond donors (Lipinski definition) is 0. The van der Waals surface area contributed by atoms with Crippen LogP contribution in [0.25, 0.3) is 11.6 Å². The third-order valence-corrected chi connectivity index (χ3v) is 5.34. The first-order chi connectivity index (χ1) is 14.1. The fraction of sp³-hybridized carbons (Fsp3) is 0.125. The van der Waals surface area contributed by atoms with Gasteiger partial charge in [-0.2, -0.15) is 5.26 Å². The molecule has 0 aliphatic carbocycles. The summed E-state index contributed by atoms with van der Waals surface area (Å²) in [5.74, 6) is 1.30. The van der Waals surface area contributed by atoms with Crippen molar-refractivity contribution < 1.29 is 9.47 Å². The molecule has 0 radical (unpaired) electrons. The topological polar surface area (TPSA) is 42.2 Å². The lowest BCUT2D eigenvalue weighted by Gasteiger charge is -2.14. The van der Waals surface area contributed by atoms with Crippen molar-refractivity contribution in [1.29, 1.82) is 5.26 Å². The van der Waals surface area contributed by atoms with Gasteiger partial charge in [0.1, 0.15) is 6.61 Å². The Kier molecular flexibility index (Phi) is 7.51. The van der Waals surface area contributed by atoms with Crippen LogP contribution in [-0.4, -0.2) is 6.61 Å². The molecule has 0 saturated carbocycles. The van der Waals surface area contributed by atoms with Crippen molar-refractivity contribution in [2.45, 2.75) is 13.5 Å². The van der Waals surface area contributed by atoms with Gasteiger partial charge in [-0.05, 0) is 54.0 Å². The van der Waals surface area contributed by atoms with E-state index < -0.39 is 0 Å². The predicted octanol–water partition coefficient (Wildman–Crippen LogP) is 7.25. The molecule has 0 heterocycles. The van der Waals surface area contributed by atoms with Crippen molar-refractivity contribution in [3.05, 3.63) is 92.4 Å². The number of halogens is 2. The van der Waals surface area contributed by atoms with Crippen molar-refractivity contribution in [1.82, 2.24) is 0 Å². The van der Waals surface area contributed by atoms with Gasteiger partial charge in [-0.1, -0.05) is 74.3 Å². The van der Waals surface area contributed by atoms with E-state index in [1.807, 2.05) is 79.7 Å². The molecule has 0 N–H and O–H groups in total. The molecule has 3 rings (SSSR count). The van der Waals surface area contributed by atoms with E-state index in [1.54, 1.807) is 0 Å². The zero-order chi connectivity index (χ0) is 20.6. The number of allylic oxidation sites excluding steroid dienone is 1. The highest BCUT2D eigenvalue weighted by molar-refractivity contribution is 9.10. The second-order valence-electron chi connectivity index (χ2n) is 6.21. The maximum atomic E-state index is 9.66. The minimum absolute atomic E-state index is 0.448. The van der Waals surface area contributed by atoms with Crippen molar-refractivity contribution in [2.24, 2.45) is 0 Å². The molecular formula is C24H19Br2NO2. The van der Waals surface area contributed by atoms with Crippen LogP contribution in [-0.2, 0) is 6.61 Å². The van der Waals surface area contributed by atoms with Crippen LogP contribution >= 0.6 is 31.9 Å². The Hall–Kier alpha value is -2.55. The summed E-state index contributed by atoms with van der Waals surface area (Å²) in [5, 5.41) is 9.66. The second-order valence-corrected chi connectivity index (χ2v) is 7.98. The van der Waals surface area contributed by atoms with Crippen molar-refractivity contribution >= 4 is 43.5 Å². The van der Waals surface area contributed by atoms with E-state index in [1.165, 1.54) is 0 Å². The Bertz CT molecular complexity index is 1060. The van der Waals surface area contributed by atoms with Crippen molar-refractivity contribution in [3.63, 3.8) is 0 Å². The van der Waals surface area contributed by atoms with Crippen LogP contribution in [0, 0.1) is 11.3 Å². The molecule has 29 heavy (non-hydrogen) atoms. The summed E-state index contributed by atoms with van der Waals surface area (Å²) >= 11 is 7.06. The number of nitriles is 1. The average molecular weight is 513 g/mol. The van der Waals surface area contributed by atoms with Crippen molar-refractivity contribution in [2.75, 3.05) is 6.61 Å². The van der Waals surface area contributed by atoms with E-state index in [2.05, 4.69) is 37.9 Å². The molecule has 3 aromatic rings. The Balaban J connectivity index is 1.93. The van der Waals surface area contributed by atoms with Gasteiger partial charge in [-0.15, -0.1) is 0 Å². The lowest BCUT2D eigenvalue weighted by Crippen LogP contribution is -2.00. The van der Waals surface area contributed by atoms with Crippen LogP contribution in [0.2, 0.25) is 0 Å². The van der Waals surface area contributed by atoms with Crippen LogP contribution in [0.1, 0.15) is 23.6 Å². The first kappa shape index (κ1) is 21.2. The van der Waals surface area contributed by atoms with E-state index in [4.69, 9.17) is 9.47 Å². The standard InChI is InChI=1S/C24H19Br2NO2/c1-2-28-23-13-19(11-20(15-27)18-9-6-10-21(25)12-18)22(26)14-24(23)29-16-17-7-4-3-5-8-17/h3-14H,2,16H2,1H3/b20-11+. The Morgan fingerprint density at radius 2 is 1.72 bits per heavy atom. The SMILES string of the molecule is CCOc1cc(/C=C(\C#N)c2cccc(Br)c2)c(Br)cc1OCc1ccccc1. The van der Waals surface area contributed by atoms with Gasteiger partial charge in [0.25, 0.3) is 0 Å². The minimum Gasteiger partial charge on any atom is -0.490 e. The number of ether oxygens (including phenoxy) is 2. The van der Waals surface area contributed by atoms with Gasteiger partial charge in [0, 0.05) is 8.95 Å². The molecule has 0 atom stereocenters. The van der Waals surface area contributed by atoms with Gasteiger partial charge in [0.15, 0.2) is 11.5 Å². The summed E-state index contributed by atoms with van der Waals surface area (Å²) in [4.78, 5) is 0. The average Bonchev–Trinajstić information content (AvgIpc) is 2.73. The van der Waals surface area contributed by atoms with Crippen LogP contribution in [0.15, 0.2) is 75.7 Å². The van der Waals surface area contributed by atoms with Crippen LogP contribution in [0.4, 0.5) is 0 Å². The lowest BCUT2D eigenvalue weighted by atomic mass is 10.0. The summed E-state index contributed by atoms with van der Waals surface area (Å²) in [6.45, 7) is 2.90. The summed E-state index contributed by atoms with van der Waals surface area (Å²) < 4.78 is 13.5. The molecule has 3 aromatic carbocycles. The molecule has 3 nitrogen and oxygen atoms in total. The van der Waals surface area contributed by atoms with Gasteiger partial charge in [0.05, 0.1) is 18.2 Å². The quantitative estimate of drug-likeness (QED) is 0.247. The van der Waals surface area contributed by atoms with Gasteiger partial charge in [-0.25, -0.2) is 0 Å². The van der Waals surface area contributed by atoms with E-state index in [0.29, 0.717) is 30.3 Å². The number of nitrogens with zero attached hydrogens (tertiary/aromatic N) is 1. The zero-order valence-electron chi connectivity index (χ0n) is 15.9. The zero-order valence-corrected chi connectivity index (χ0v) is 19.0. The first-order valence-electron chi connectivity index (χ1n) is 9.11. The molecule has 0 aromatic heterocycles. The molecule has 0 spiro atoms. The molecule has 0 aliphatic heterocycles. The normalized spacial score (nSPS) is 11.0. The highest BCUT2D eigenvalue weighted by atomic mass is 79.9. The monoisotopic (exact) mass is 511 g/mol. The van der Waals surface area contributed by atoms with E-state index in [-0.39, 0.29) is 0 Å². The number of hydrogen-bond acceptors (Lipinski definition) is 3. The molecule has 0 unspecified atom stereocenters. The van der Waals surface area contributed by atoms with Crippen molar-refractivity contribution in [3.8, 4) is 17.6 Å². The summed E-state index contributed by atoms with van der Waals surface area (Å²) in [5.41, 5.74) is 3.33. The maximum Gasteiger partial charge on any atom is 0.162 e. The van der Waals surface area contributed by atoms with Crippen LogP contribution in [0.3, 0.4) is 0 Å². The van der Waals surface area contributed by atoms with Crippen LogP contribution in [0.5, 0.6) is 11.5 Å². The molecule has 0 saturated heterocycles. The van der Waals surface area contributed by atoms with Gasteiger partial charge in [0.2, 0.25) is 0 Å². The first-order valence-corrected chi connectivity index (χ1v) is 10.7. The highest BCUT2D eigenvalue weighted by Crippen LogP contribution is 2.36. The third-order valence-electron chi connectivity index (χ3n) is 4.16. The smallest absolute Gasteiger partial charge is 0.162 e. The molecule has 0 amide bonds. The van der Waals surface area contributed by atoms with E-state index in [9.17, 15) is 5.26 Å². The number of benzene rings is 3. The molecule has 146 valence electrons. The second kappa shape index (κ2) is 10.3. The Morgan fingerprint density at radius 1 is 0.966 bits per heavy atom. The fourth-order valence-electron chi connectivity index (χ4n) is 2.77. The predicted molar refractivity (Wildman–Crippen MR) is 124 cm³/mol. The number of rotatable bonds is 7. The summed E-state index contributed by atoms with van der Waals surface area (Å²) in [7, 11) is 0. The largest absolute Gasteiger partial charge is 0.490 e. The molecule has 5 heteroatoms. The Labute approximate surface area is 187 Å². The highest BCUT2D eigenvalue weighted by Gasteiger charge is 2.12. The lowest BCUT2D eigenvalue weighted by molar-refractivity contribution is 0.269. The Morgan fingerprint density at radius 3 is 2.41 bits per heavy atom.